The first-order valence-corrected chi connectivity index (χ1v) is 5.84. The highest BCUT2D eigenvalue weighted by atomic mass is 35.5. The fourth-order valence-electron chi connectivity index (χ4n) is 2.21. The van der Waals surface area contributed by atoms with Gasteiger partial charge in [0.1, 0.15) is 0 Å². The minimum atomic E-state index is 0.782. The van der Waals surface area contributed by atoms with Gasteiger partial charge in [-0.1, -0.05) is 41.9 Å². The molecule has 1 aliphatic rings. The Hall–Kier alpha value is -1.47. The summed E-state index contributed by atoms with van der Waals surface area (Å²) in [6.45, 7) is 1.04. The summed E-state index contributed by atoms with van der Waals surface area (Å²) in [5, 5.41) is 4.23. The normalized spacial score (nSPS) is 13.3. The molecule has 1 aliphatic heterocycles. The molecular weight excluding hydrogens is 218 g/mol. The molecule has 0 saturated carbocycles. The van der Waals surface area contributed by atoms with Crippen LogP contribution in [0, 0.1) is 0 Å². The Bertz CT molecular complexity index is 517. The Balaban J connectivity index is 2.13. The maximum Gasteiger partial charge on any atom is 0.0453 e. The van der Waals surface area contributed by atoms with Crippen molar-refractivity contribution in [2.45, 2.75) is 6.42 Å². The van der Waals surface area contributed by atoms with Gasteiger partial charge in [-0.3, -0.25) is 0 Å². The van der Waals surface area contributed by atoms with Crippen LogP contribution in [0.2, 0.25) is 5.02 Å². The van der Waals surface area contributed by atoms with Crippen LogP contribution in [0.1, 0.15) is 5.56 Å². The van der Waals surface area contributed by atoms with E-state index in [1.807, 2.05) is 12.1 Å². The molecule has 1 heterocycles. The third-order valence-electron chi connectivity index (χ3n) is 3.00. The molecule has 0 saturated heterocycles. The average molecular weight is 230 g/mol. The van der Waals surface area contributed by atoms with Gasteiger partial charge in [0.05, 0.1) is 0 Å². The smallest absolute Gasteiger partial charge is 0.0453 e. The lowest BCUT2D eigenvalue weighted by atomic mass is 10.0. The van der Waals surface area contributed by atoms with Crippen LogP contribution in [-0.4, -0.2) is 6.54 Å². The highest BCUT2D eigenvalue weighted by Crippen LogP contribution is 2.34. The first-order chi connectivity index (χ1) is 7.84. The van der Waals surface area contributed by atoms with Crippen LogP contribution < -0.4 is 5.32 Å². The van der Waals surface area contributed by atoms with Crippen molar-refractivity contribution in [2.24, 2.45) is 0 Å². The van der Waals surface area contributed by atoms with Gasteiger partial charge in [0, 0.05) is 22.8 Å². The monoisotopic (exact) mass is 229 g/mol. The van der Waals surface area contributed by atoms with Crippen LogP contribution in [0.15, 0.2) is 42.5 Å². The fourth-order valence-corrected chi connectivity index (χ4v) is 2.34. The summed E-state index contributed by atoms with van der Waals surface area (Å²) in [5.41, 5.74) is 5.18. The molecule has 0 aliphatic carbocycles. The van der Waals surface area contributed by atoms with Gasteiger partial charge in [-0.05, 0) is 29.7 Å². The molecule has 2 aromatic rings. The Morgan fingerprint density at radius 2 is 1.81 bits per heavy atom. The van der Waals surface area contributed by atoms with Gasteiger partial charge in [-0.25, -0.2) is 0 Å². The Morgan fingerprint density at radius 1 is 1.00 bits per heavy atom. The molecule has 0 atom stereocenters. The Labute approximate surface area is 100 Å². The van der Waals surface area contributed by atoms with Crippen LogP contribution in [0.4, 0.5) is 5.69 Å². The van der Waals surface area contributed by atoms with E-state index in [4.69, 9.17) is 11.6 Å². The summed E-state index contributed by atoms with van der Waals surface area (Å²) in [6.07, 6.45) is 1.12. The van der Waals surface area contributed by atoms with E-state index < -0.39 is 0 Å². The van der Waals surface area contributed by atoms with E-state index in [1.165, 1.54) is 22.4 Å². The second kappa shape index (κ2) is 3.84. The number of hydrogen-bond acceptors (Lipinski definition) is 1. The van der Waals surface area contributed by atoms with E-state index in [1.54, 1.807) is 0 Å². The van der Waals surface area contributed by atoms with E-state index in [2.05, 4.69) is 35.6 Å². The number of rotatable bonds is 1. The van der Waals surface area contributed by atoms with Gasteiger partial charge in [0.15, 0.2) is 0 Å². The Kier molecular flexibility index (Phi) is 2.33. The molecule has 0 unspecified atom stereocenters. The second-order valence-electron chi connectivity index (χ2n) is 4.02. The summed E-state index contributed by atoms with van der Waals surface area (Å²) >= 11 is 5.90. The van der Waals surface area contributed by atoms with Crippen molar-refractivity contribution in [2.75, 3.05) is 11.9 Å². The van der Waals surface area contributed by atoms with Gasteiger partial charge in [0.2, 0.25) is 0 Å². The average Bonchev–Trinajstić information content (AvgIpc) is 2.78. The summed E-state index contributed by atoms with van der Waals surface area (Å²) in [4.78, 5) is 0. The lowest BCUT2D eigenvalue weighted by Gasteiger charge is -2.08. The van der Waals surface area contributed by atoms with Crippen LogP contribution in [-0.2, 0) is 6.42 Å². The molecule has 80 valence electrons. The van der Waals surface area contributed by atoms with Crippen LogP contribution >= 0.6 is 11.6 Å². The lowest BCUT2D eigenvalue weighted by Crippen LogP contribution is -1.93. The molecular formula is C14H12ClN. The van der Waals surface area contributed by atoms with Gasteiger partial charge in [-0.15, -0.1) is 0 Å². The summed E-state index contributed by atoms with van der Waals surface area (Å²) in [6, 6.07) is 14.5. The SMILES string of the molecule is Clc1ccc(-c2cccc3c2NCC3)cc1. The zero-order valence-electron chi connectivity index (χ0n) is 8.83. The molecule has 0 aromatic heterocycles. The molecule has 3 rings (SSSR count). The number of fused-ring (bicyclic) bond motifs is 1. The molecule has 2 heteroatoms. The van der Waals surface area contributed by atoms with Crippen molar-refractivity contribution in [1.82, 2.24) is 0 Å². The van der Waals surface area contributed by atoms with E-state index in [-0.39, 0.29) is 0 Å². The first-order valence-electron chi connectivity index (χ1n) is 5.46. The molecule has 1 nitrogen and oxygen atoms in total. The minimum Gasteiger partial charge on any atom is -0.384 e. The van der Waals surface area contributed by atoms with Gasteiger partial charge in [0.25, 0.3) is 0 Å². The van der Waals surface area contributed by atoms with Crippen molar-refractivity contribution in [1.29, 1.82) is 0 Å². The molecule has 1 N–H and O–H groups in total. The number of hydrogen-bond donors (Lipinski definition) is 1. The third kappa shape index (κ3) is 1.57. The summed E-state index contributed by atoms with van der Waals surface area (Å²) < 4.78 is 0. The highest BCUT2D eigenvalue weighted by Gasteiger charge is 2.14. The molecule has 0 radical (unpaired) electrons. The first kappa shape index (κ1) is 9.73. The molecule has 2 aromatic carbocycles. The van der Waals surface area contributed by atoms with Gasteiger partial charge < -0.3 is 5.32 Å². The summed E-state index contributed by atoms with van der Waals surface area (Å²) in [5.74, 6) is 0. The topological polar surface area (TPSA) is 12.0 Å². The molecule has 16 heavy (non-hydrogen) atoms. The number of para-hydroxylation sites is 1. The van der Waals surface area contributed by atoms with Crippen molar-refractivity contribution >= 4 is 17.3 Å². The maximum absolute atomic E-state index is 5.90. The molecule has 0 fully saturated rings. The third-order valence-corrected chi connectivity index (χ3v) is 3.25. The van der Waals surface area contributed by atoms with Crippen molar-refractivity contribution in [3.8, 4) is 11.1 Å². The van der Waals surface area contributed by atoms with Gasteiger partial charge in [-0.2, -0.15) is 0 Å². The van der Waals surface area contributed by atoms with Crippen molar-refractivity contribution in [3.05, 3.63) is 53.1 Å². The Morgan fingerprint density at radius 3 is 2.62 bits per heavy atom. The maximum atomic E-state index is 5.90. The quantitative estimate of drug-likeness (QED) is 0.780. The fraction of sp³-hybridized carbons (Fsp3) is 0.143. The van der Waals surface area contributed by atoms with Crippen LogP contribution in [0.5, 0.6) is 0 Å². The van der Waals surface area contributed by atoms with Gasteiger partial charge >= 0.3 is 0 Å². The van der Waals surface area contributed by atoms with E-state index >= 15 is 0 Å². The predicted octanol–water partition coefficient (Wildman–Crippen LogP) is 3.98. The highest BCUT2D eigenvalue weighted by molar-refractivity contribution is 6.30. The number of nitrogens with one attached hydrogen (secondary N) is 1. The zero-order valence-corrected chi connectivity index (χ0v) is 9.59. The van der Waals surface area contributed by atoms with E-state index in [0.29, 0.717) is 0 Å². The van der Waals surface area contributed by atoms with E-state index in [0.717, 1.165) is 18.0 Å². The zero-order chi connectivity index (χ0) is 11.0. The number of anilines is 1. The number of halogens is 1. The van der Waals surface area contributed by atoms with Crippen molar-refractivity contribution < 1.29 is 0 Å². The summed E-state index contributed by atoms with van der Waals surface area (Å²) in [7, 11) is 0. The molecule has 0 bridgehead atoms. The van der Waals surface area contributed by atoms with E-state index in [9.17, 15) is 0 Å². The van der Waals surface area contributed by atoms with Crippen LogP contribution in [0.25, 0.3) is 11.1 Å². The van der Waals surface area contributed by atoms with Crippen LogP contribution in [0.3, 0.4) is 0 Å². The van der Waals surface area contributed by atoms with Crippen molar-refractivity contribution in [3.63, 3.8) is 0 Å². The standard InChI is InChI=1S/C14H12ClN/c15-12-6-4-10(5-7-12)13-3-1-2-11-8-9-16-14(11)13/h1-7,16H,8-9H2. The predicted molar refractivity (Wildman–Crippen MR) is 69.1 cm³/mol. The number of benzene rings is 2. The minimum absolute atomic E-state index is 0.782. The second-order valence-corrected chi connectivity index (χ2v) is 4.46. The lowest BCUT2D eigenvalue weighted by molar-refractivity contribution is 1.11. The molecule has 0 spiro atoms. The molecule has 0 amide bonds. The largest absolute Gasteiger partial charge is 0.384 e.